The number of carbonyl (C=O) groups is 1. The quantitative estimate of drug-likeness (QED) is 0.931. The molecule has 21 heavy (non-hydrogen) atoms. The molecule has 0 bridgehead atoms. The van der Waals surface area contributed by atoms with Gasteiger partial charge >= 0.3 is 5.97 Å². The monoisotopic (exact) mass is 296 g/mol. The van der Waals surface area contributed by atoms with Crippen LogP contribution in [-0.2, 0) is 0 Å². The molecule has 0 saturated heterocycles. The van der Waals surface area contributed by atoms with Crippen molar-refractivity contribution in [3.63, 3.8) is 0 Å². The Morgan fingerprint density at radius 3 is 2.24 bits per heavy atom. The summed E-state index contributed by atoms with van der Waals surface area (Å²) < 4.78 is 45.9. The van der Waals surface area contributed by atoms with E-state index in [-0.39, 0.29) is 29.0 Å². The highest BCUT2D eigenvalue weighted by Gasteiger charge is 2.18. The van der Waals surface area contributed by atoms with Crippen LogP contribution in [0.5, 0.6) is 5.75 Å². The third-order valence-corrected chi connectivity index (χ3v) is 2.75. The molecule has 110 valence electrons. The van der Waals surface area contributed by atoms with Gasteiger partial charge in [-0.1, -0.05) is 0 Å². The van der Waals surface area contributed by atoms with E-state index in [1.807, 2.05) is 0 Å². The van der Waals surface area contributed by atoms with Crippen LogP contribution in [-0.4, -0.2) is 17.7 Å². The minimum atomic E-state index is -1.33. The summed E-state index contributed by atoms with van der Waals surface area (Å²) in [5.41, 5.74) is -0.554. The van der Waals surface area contributed by atoms with Crippen LogP contribution in [0.4, 0.5) is 13.2 Å². The molecule has 0 atom stereocenters. The maximum atomic E-state index is 14.2. The van der Waals surface area contributed by atoms with Crippen molar-refractivity contribution >= 4 is 5.97 Å². The van der Waals surface area contributed by atoms with Gasteiger partial charge in [0.15, 0.2) is 0 Å². The van der Waals surface area contributed by atoms with Gasteiger partial charge in [0.1, 0.15) is 23.2 Å². The molecule has 0 aliphatic heterocycles. The Morgan fingerprint density at radius 1 is 1.10 bits per heavy atom. The van der Waals surface area contributed by atoms with Crippen LogP contribution in [0.1, 0.15) is 17.3 Å². The zero-order chi connectivity index (χ0) is 15.6. The van der Waals surface area contributed by atoms with Crippen LogP contribution in [0.3, 0.4) is 0 Å². The number of aromatic carboxylic acids is 1. The standard InChI is InChI=1S/C15H11F3O3/c1-2-21-13-6-9(15(19)20)5-12(18)14(13)8-3-10(16)7-11(17)4-8/h3-7H,2H2,1H3,(H,19,20). The Bertz CT molecular complexity index is 679. The lowest BCUT2D eigenvalue weighted by atomic mass is 10.0. The minimum Gasteiger partial charge on any atom is -0.493 e. The van der Waals surface area contributed by atoms with E-state index >= 15 is 0 Å². The fourth-order valence-electron chi connectivity index (χ4n) is 1.95. The van der Waals surface area contributed by atoms with Gasteiger partial charge in [0, 0.05) is 6.07 Å². The van der Waals surface area contributed by atoms with E-state index in [9.17, 15) is 18.0 Å². The number of halogens is 3. The maximum Gasteiger partial charge on any atom is 0.335 e. The number of ether oxygens (including phenoxy) is 1. The van der Waals surface area contributed by atoms with Crippen molar-refractivity contribution in [3.05, 3.63) is 53.3 Å². The van der Waals surface area contributed by atoms with Crippen LogP contribution >= 0.6 is 0 Å². The molecule has 0 aliphatic carbocycles. The summed E-state index contributed by atoms with van der Waals surface area (Å²) in [6.07, 6.45) is 0. The summed E-state index contributed by atoms with van der Waals surface area (Å²) in [5.74, 6) is -4.07. The lowest BCUT2D eigenvalue weighted by Crippen LogP contribution is -2.03. The fraction of sp³-hybridized carbons (Fsp3) is 0.133. The largest absolute Gasteiger partial charge is 0.493 e. The number of benzene rings is 2. The summed E-state index contributed by atoms with van der Waals surface area (Å²) in [5, 5.41) is 8.91. The third kappa shape index (κ3) is 3.16. The number of rotatable bonds is 4. The van der Waals surface area contributed by atoms with Crippen molar-refractivity contribution in [2.45, 2.75) is 6.92 Å². The molecule has 0 saturated carbocycles. The van der Waals surface area contributed by atoms with Crippen LogP contribution in [0, 0.1) is 17.5 Å². The third-order valence-electron chi connectivity index (χ3n) is 2.75. The van der Waals surface area contributed by atoms with E-state index in [0.29, 0.717) is 6.07 Å². The van der Waals surface area contributed by atoms with Crippen LogP contribution in [0.25, 0.3) is 11.1 Å². The molecule has 2 rings (SSSR count). The van der Waals surface area contributed by atoms with Gasteiger partial charge in [0.05, 0.1) is 17.7 Å². The Kier molecular flexibility index (Phi) is 4.16. The molecule has 0 aliphatic rings. The van der Waals surface area contributed by atoms with Gasteiger partial charge in [0.25, 0.3) is 0 Å². The van der Waals surface area contributed by atoms with Crippen molar-refractivity contribution in [1.82, 2.24) is 0 Å². The lowest BCUT2D eigenvalue weighted by molar-refractivity contribution is 0.0696. The van der Waals surface area contributed by atoms with Crippen LogP contribution < -0.4 is 4.74 Å². The lowest BCUT2D eigenvalue weighted by Gasteiger charge is -2.13. The van der Waals surface area contributed by atoms with E-state index in [1.54, 1.807) is 6.92 Å². The highest BCUT2D eigenvalue weighted by molar-refractivity contribution is 5.90. The number of carboxylic acids is 1. The number of hydrogen-bond acceptors (Lipinski definition) is 2. The van der Waals surface area contributed by atoms with Gasteiger partial charge in [0.2, 0.25) is 0 Å². The first-order valence-corrected chi connectivity index (χ1v) is 6.08. The predicted octanol–water partition coefficient (Wildman–Crippen LogP) is 3.87. The summed E-state index contributed by atoms with van der Waals surface area (Å²) in [4.78, 5) is 10.9. The molecule has 1 N–H and O–H groups in total. The maximum absolute atomic E-state index is 14.2. The molecule has 0 unspecified atom stereocenters. The van der Waals surface area contributed by atoms with Gasteiger partial charge < -0.3 is 9.84 Å². The molecule has 0 fully saturated rings. The van der Waals surface area contributed by atoms with Gasteiger partial charge in [-0.05, 0) is 36.8 Å². The first-order valence-electron chi connectivity index (χ1n) is 6.08. The smallest absolute Gasteiger partial charge is 0.335 e. The van der Waals surface area contributed by atoms with Crippen molar-refractivity contribution in [2.75, 3.05) is 6.61 Å². The first kappa shape index (κ1) is 14.9. The van der Waals surface area contributed by atoms with E-state index < -0.39 is 23.4 Å². The Labute approximate surface area is 118 Å². The van der Waals surface area contributed by atoms with Crippen LogP contribution in [0.2, 0.25) is 0 Å². The summed E-state index contributed by atoms with van der Waals surface area (Å²) in [6.45, 7) is 1.77. The van der Waals surface area contributed by atoms with Crippen molar-refractivity contribution < 1.29 is 27.8 Å². The van der Waals surface area contributed by atoms with Crippen molar-refractivity contribution in [2.24, 2.45) is 0 Å². The zero-order valence-electron chi connectivity index (χ0n) is 11.0. The van der Waals surface area contributed by atoms with Crippen molar-refractivity contribution in [1.29, 1.82) is 0 Å². The molecule has 2 aromatic carbocycles. The second-order valence-electron chi connectivity index (χ2n) is 4.23. The first-order chi connectivity index (χ1) is 9.92. The molecule has 2 aromatic rings. The number of hydrogen-bond donors (Lipinski definition) is 1. The zero-order valence-corrected chi connectivity index (χ0v) is 11.0. The predicted molar refractivity (Wildman–Crippen MR) is 69.9 cm³/mol. The van der Waals surface area contributed by atoms with Crippen molar-refractivity contribution in [3.8, 4) is 16.9 Å². The second kappa shape index (κ2) is 5.87. The Morgan fingerprint density at radius 2 is 1.71 bits per heavy atom. The second-order valence-corrected chi connectivity index (χ2v) is 4.23. The number of carboxylic acid groups (broad SMARTS) is 1. The molecule has 0 amide bonds. The van der Waals surface area contributed by atoms with Gasteiger partial charge in [-0.15, -0.1) is 0 Å². The van der Waals surface area contributed by atoms with Crippen LogP contribution in [0.15, 0.2) is 30.3 Å². The molecular weight excluding hydrogens is 285 g/mol. The Balaban J connectivity index is 2.68. The van der Waals surface area contributed by atoms with E-state index in [4.69, 9.17) is 9.84 Å². The highest BCUT2D eigenvalue weighted by atomic mass is 19.1. The highest BCUT2D eigenvalue weighted by Crippen LogP contribution is 2.35. The molecule has 0 spiro atoms. The van der Waals surface area contributed by atoms with Gasteiger partial charge in [-0.25, -0.2) is 18.0 Å². The van der Waals surface area contributed by atoms with Gasteiger partial charge in [-0.2, -0.15) is 0 Å². The van der Waals surface area contributed by atoms with E-state index in [2.05, 4.69) is 0 Å². The summed E-state index contributed by atoms with van der Waals surface area (Å²) in [7, 11) is 0. The van der Waals surface area contributed by atoms with Gasteiger partial charge in [-0.3, -0.25) is 0 Å². The summed E-state index contributed by atoms with van der Waals surface area (Å²) >= 11 is 0. The molecular formula is C15H11F3O3. The average Bonchev–Trinajstić information content (AvgIpc) is 2.37. The van der Waals surface area contributed by atoms with E-state index in [1.165, 1.54) is 0 Å². The molecule has 0 heterocycles. The molecule has 3 nitrogen and oxygen atoms in total. The SMILES string of the molecule is CCOc1cc(C(=O)O)cc(F)c1-c1cc(F)cc(F)c1. The fourth-order valence-corrected chi connectivity index (χ4v) is 1.95. The average molecular weight is 296 g/mol. The molecule has 0 radical (unpaired) electrons. The molecule has 6 heteroatoms. The molecule has 0 aromatic heterocycles. The summed E-state index contributed by atoms with van der Waals surface area (Å²) in [6, 6.07) is 4.46. The van der Waals surface area contributed by atoms with E-state index in [0.717, 1.165) is 24.3 Å². The topological polar surface area (TPSA) is 46.5 Å². The minimum absolute atomic E-state index is 0.0645. The Hall–Kier alpha value is -2.50. The normalized spacial score (nSPS) is 10.5.